The van der Waals surface area contributed by atoms with E-state index in [4.69, 9.17) is 11.5 Å². The van der Waals surface area contributed by atoms with Gasteiger partial charge in [0.1, 0.15) is 0 Å². The maximum Gasteiger partial charge on any atom is 0.208 e. The van der Waals surface area contributed by atoms with Crippen LogP contribution in [0.15, 0.2) is 0 Å². The Bertz CT molecular complexity index is 278. The zero-order valence-electron chi connectivity index (χ0n) is 8.44. The van der Waals surface area contributed by atoms with Crippen molar-refractivity contribution in [2.45, 2.75) is 31.3 Å². The number of hydrogen-bond acceptors (Lipinski definition) is 4. The first-order chi connectivity index (χ1) is 6.38. The van der Waals surface area contributed by atoms with E-state index in [1.165, 1.54) is 6.26 Å². The third-order valence-corrected chi connectivity index (χ3v) is 3.39. The molecule has 84 valence electrons. The van der Waals surface area contributed by atoms with Gasteiger partial charge in [-0.05, 0) is 25.2 Å². The predicted octanol–water partition coefficient (Wildman–Crippen LogP) is -1.01. The van der Waals surface area contributed by atoms with Crippen LogP contribution in [0.25, 0.3) is 0 Å². The molecule has 0 radical (unpaired) electrons. The Balaban J connectivity index is 2.34. The first-order valence-electron chi connectivity index (χ1n) is 4.84. The molecule has 1 aliphatic rings. The van der Waals surface area contributed by atoms with E-state index in [1.54, 1.807) is 0 Å². The Morgan fingerprint density at radius 2 is 1.93 bits per heavy atom. The van der Waals surface area contributed by atoms with Crippen LogP contribution in [0.1, 0.15) is 19.3 Å². The fourth-order valence-electron chi connectivity index (χ4n) is 1.77. The molecule has 1 unspecified atom stereocenters. The van der Waals surface area contributed by atoms with Crippen molar-refractivity contribution < 1.29 is 8.42 Å². The van der Waals surface area contributed by atoms with Crippen LogP contribution in [0.5, 0.6) is 0 Å². The van der Waals surface area contributed by atoms with Crippen LogP contribution in [0.2, 0.25) is 0 Å². The lowest BCUT2D eigenvalue weighted by molar-refractivity contribution is 0.290. The topological polar surface area (TPSA) is 98.2 Å². The van der Waals surface area contributed by atoms with Crippen molar-refractivity contribution in [2.24, 2.45) is 17.4 Å². The maximum absolute atomic E-state index is 10.9. The van der Waals surface area contributed by atoms with E-state index in [0.717, 1.165) is 19.3 Å². The average molecular weight is 221 g/mol. The second-order valence-electron chi connectivity index (χ2n) is 4.13. The van der Waals surface area contributed by atoms with Gasteiger partial charge in [-0.25, -0.2) is 13.1 Å². The molecular formula is C8H19N3O2S. The Morgan fingerprint density at radius 1 is 1.29 bits per heavy atom. The van der Waals surface area contributed by atoms with Gasteiger partial charge in [0.25, 0.3) is 0 Å². The number of nitrogens with one attached hydrogen (secondary N) is 1. The van der Waals surface area contributed by atoms with Crippen LogP contribution in [-0.2, 0) is 10.0 Å². The summed E-state index contributed by atoms with van der Waals surface area (Å²) in [5.41, 5.74) is 11.6. The molecule has 0 spiro atoms. The fraction of sp³-hybridized carbons (Fsp3) is 1.00. The molecule has 0 bridgehead atoms. The highest BCUT2D eigenvalue weighted by Gasteiger charge is 2.25. The summed E-state index contributed by atoms with van der Waals surface area (Å²) in [5, 5.41) is 0. The smallest absolute Gasteiger partial charge is 0.208 e. The molecule has 6 heteroatoms. The van der Waals surface area contributed by atoms with Gasteiger partial charge in [0, 0.05) is 18.6 Å². The summed E-state index contributed by atoms with van der Waals surface area (Å²) in [6.07, 6.45) is 3.82. The van der Waals surface area contributed by atoms with Crippen molar-refractivity contribution >= 4 is 10.0 Å². The van der Waals surface area contributed by atoms with E-state index < -0.39 is 10.0 Å². The van der Waals surface area contributed by atoms with Crippen molar-refractivity contribution in [1.82, 2.24) is 4.72 Å². The second kappa shape index (κ2) is 4.57. The molecule has 0 aromatic heterocycles. The zero-order valence-corrected chi connectivity index (χ0v) is 9.26. The van der Waals surface area contributed by atoms with Crippen molar-refractivity contribution in [3.05, 3.63) is 0 Å². The van der Waals surface area contributed by atoms with E-state index in [9.17, 15) is 8.42 Å². The van der Waals surface area contributed by atoms with Crippen molar-refractivity contribution in [3.63, 3.8) is 0 Å². The molecule has 1 saturated carbocycles. The van der Waals surface area contributed by atoms with E-state index in [-0.39, 0.29) is 12.1 Å². The van der Waals surface area contributed by atoms with Crippen LogP contribution >= 0.6 is 0 Å². The number of hydrogen-bond donors (Lipinski definition) is 3. The molecule has 0 amide bonds. The maximum atomic E-state index is 10.9. The van der Waals surface area contributed by atoms with Gasteiger partial charge in [0.15, 0.2) is 0 Å². The molecule has 1 aliphatic carbocycles. The van der Waals surface area contributed by atoms with E-state index in [0.29, 0.717) is 12.5 Å². The number of rotatable bonds is 3. The van der Waals surface area contributed by atoms with Gasteiger partial charge in [-0.2, -0.15) is 0 Å². The fourth-order valence-corrected chi connectivity index (χ4v) is 2.31. The van der Waals surface area contributed by atoms with Crippen LogP contribution in [0.3, 0.4) is 0 Å². The highest BCUT2D eigenvalue weighted by Crippen LogP contribution is 2.21. The number of sulfonamides is 1. The minimum Gasteiger partial charge on any atom is -0.326 e. The first kappa shape index (κ1) is 11.9. The van der Waals surface area contributed by atoms with Gasteiger partial charge in [-0.3, -0.25) is 0 Å². The number of nitrogens with two attached hydrogens (primary N) is 2. The Kier molecular flexibility index (Phi) is 3.88. The minimum absolute atomic E-state index is 0.00936. The molecule has 0 heterocycles. The van der Waals surface area contributed by atoms with E-state index in [1.807, 2.05) is 0 Å². The van der Waals surface area contributed by atoms with Gasteiger partial charge < -0.3 is 11.5 Å². The molecule has 0 aromatic rings. The molecular weight excluding hydrogens is 202 g/mol. The van der Waals surface area contributed by atoms with Crippen LogP contribution in [0.4, 0.5) is 0 Å². The SMILES string of the molecule is CS(=O)(=O)NCC1CC[C@H](N)[C@H](N)C1. The van der Waals surface area contributed by atoms with Crippen molar-refractivity contribution in [3.8, 4) is 0 Å². The first-order valence-corrected chi connectivity index (χ1v) is 6.73. The molecule has 0 saturated heterocycles. The molecule has 0 aliphatic heterocycles. The van der Waals surface area contributed by atoms with Crippen molar-refractivity contribution in [1.29, 1.82) is 0 Å². The molecule has 0 aromatic carbocycles. The summed E-state index contributed by atoms with van der Waals surface area (Å²) in [4.78, 5) is 0. The standard InChI is InChI=1S/C8H19N3O2S/c1-14(12,13)11-5-6-2-3-7(9)8(10)4-6/h6-8,11H,2-5,9-10H2,1H3/t6?,7-,8+/m0/s1. The lowest BCUT2D eigenvalue weighted by Gasteiger charge is -2.31. The van der Waals surface area contributed by atoms with Gasteiger partial charge in [-0.1, -0.05) is 0 Å². The lowest BCUT2D eigenvalue weighted by Crippen LogP contribution is -2.47. The summed E-state index contributed by atoms with van der Waals surface area (Å²) in [5.74, 6) is 0.333. The van der Waals surface area contributed by atoms with Gasteiger partial charge in [-0.15, -0.1) is 0 Å². The third-order valence-electron chi connectivity index (χ3n) is 2.70. The van der Waals surface area contributed by atoms with Crippen LogP contribution in [-0.4, -0.2) is 33.3 Å². The predicted molar refractivity (Wildman–Crippen MR) is 56.1 cm³/mol. The normalized spacial score (nSPS) is 34.4. The van der Waals surface area contributed by atoms with Crippen LogP contribution in [0, 0.1) is 5.92 Å². The summed E-state index contributed by atoms with van der Waals surface area (Å²) in [6.45, 7) is 0.485. The monoisotopic (exact) mass is 221 g/mol. The second-order valence-corrected chi connectivity index (χ2v) is 5.96. The molecule has 1 rings (SSSR count). The molecule has 14 heavy (non-hydrogen) atoms. The largest absolute Gasteiger partial charge is 0.326 e. The molecule has 3 atom stereocenters. The zero-order chi connectivity index (χ0) is 10.8. The summed E-state index contributed by atoms with van der Waals surface area (Å²) >= 11 is 0. The van der Waals surface area contributed by atoms with Gasteiger partial charge in [0.05, 0.1) is 6.26 Å². The summed E-state index contributed by atoms with van der Waals surface area (Å²) < 4.78 is 24.2. The highest BCUT2D eigenvalue weighted by molar-refractivity contribution is 7.88. The van der Waals surface area contributed by atoms with Crippen LogP contribution < -0.4 is 16.2 Å². The Morgan fingerprint density at radius 3 is 2.43 bits per heavy atom. The highest BCUT2D eigenvalue weighted by atomic mass is 32.2. The molecule has 5 N–H and O–H groups in total. The van der Waals surface area contributed by atoms with E-state index in [2.05, 4.69) is 4.72 Å². The third kappa shape index (κ3) is 3.91. The Hall–Kier alpha value is -0.170. The van der Waals surface area contributed by atoms with Gasteiger partial charge in [0.2, 0.25) is 10.0 Å². The quantitative estimate of drug-likeness (QED) is 0.568. The molecule has 1 fully saturated rings. The minimum atomic E-state index is -3.08. The molecule has 5 nitrogen and oxygen atoms in total. The van der Waals surface area contributed by atoms with Gasteiger partial charge >= 0.3 is 0 Å². The summed E-state index contributed by atoms with van der Waals surface area (Å²) in [6, 6.07) is 0.0830. The van der Waals surface area contributed by atoms with Crippen molar-refractivity contribution in [2.75, 3.05) is 12.8 Å². The summed E-state index contributed by atoms with van der Waals surface area (Å²) in [7, 11) is -3.08. The lowest BCUT2D eigenvalue weighted by atomic mass is 9.83. The average Bonchev–Trinajstić information content (AvgIpc) is 2.06. The Labute approximate surface area is 85.3 Å². The van der Waals surface area contributed by atoms with E-state index >= 15 is 0 Å².